The number of hydrogen-bond acceptors (Lipinski definition) is 4. The molecular formula is C29H21ClN4O2S. The van der Waals surface area contributed by atoms with Crippen LogP contribution in [0.4, 0.5) is 5.69 Å². The van der Waals surface area contributed by atoms with Gasteiger partial charge in [0.25, 0.3) is 11.8 Å². The van der Waals surface area contributed by atoms with Crippen LogP contribution in [0, 0.1) is 11.3 Å². The zero-order valence-electron chi connectivity index (χ0n) is 19.9. The van der Waals surface area contributed by atoms with Crippen LogP contribution in [0.25, 0.3) is 17.0 Å². The van der Waals surface area contributed by atoms with Crippen molar-refractivity contribution in [1.29, 1.82) is 5.26 Å². The molecule has 2 heterocycles. The molecule has 1 saturated heterocycles. The van der Waals surface area contributed by atoms with Gasteiger partial charge in [0, 0.05) is 40.8 Å². The SMILES string of the molecule is CCN1C(=O)C(=Cc2cn(Cc3ccccc3C#N)c3ccccc23)C(=O)N(c2ccc(Cl)cc2)C1=S. The second-order valence-electron chi connectivity index (χ2n) is 8.51. The standard InChI is InChI=1S/C29H21ClN4O2S/c1-2-33-27(35)25(28(36)34(29(33)37)23-13-11-22(30)12-14-23)15-21-18-32(26-10-6-5-9-24(21)26)17-20-8-4-3-7-19(20)16-31/h3-15,18H,2,17H2,1H3. The first-order valence-electron chi connectivity index (χ1n) is 11.7. The third kappa shape index (κ3) is 4.42. The number of aromatic nitrogens is 1. The van der Waals surface area contributed by atoms with Crippen molar-refractivity contribution in [3.63, 3.8) is 0 Å². The van der Waals surface area contributed by atoms with Crippen molar-refractivity contribution in [2.24, 2.45) is 0 Å². The second kappa shape index (κ2) is 10.0. The van der Waals surface area contributed by atoms with E-state index in [9.17, 15) is 14.9 Å². The Morgan fingerprint density at radius 3 is 2.41 bits per heavy atom. The molecule has 1 fully saturated rings. The highest BCUT2D eigenvalue weighted by Gasteiger charge is 2.39. The quantitative estimate of drug-likeness (QED) is 0.188. The van der Waals surface area contributed by atoms with Gasteiger partial charge in [0.15, 0.2) is 5.11 Å². The predicted molar refractivity (Wildman–Crippen MR) is 149 cm³/mol. The number of thiocarbonyl (C=S) groups is 1. The summed E-state index contributed by atoms with van der Waals surface area (Å²) in [7, 11) is 0. The highest BCUT2D eigenvalue weighted by Crippen LogP contribution is 2.30. The van der Waals surface area contributed by atoms with E-state index in [2.05, 4.69) is 6.07 Å². The Bertz CT molecular complexity index is 1630. The first kappa shape index (κ1) is 24.4. The minimum atomic E-state index is -0.492. The fraction of sp³-hybridized carbons (Fsp3) is 0.103. The van der Waals surface area contributed by atoms with Gasteiger partial charge in [-0.25, -0.2) is 0 Å². The summed E-state index contributed by atoms with van der Waals surface area (Å²) in [6, 6.07) is 24.2. The van der Waals surface area contributed by atoms with Crippen molar-refractivity contribution in [2.45, 2.75) is 13.5 Å². The summed E-state index contributed by atoms with van der Waals surface area (Å²) in [5.41, 5.74) is 3.68. The molecule has 1 aromatic heterocycles. The number of halogens is 1. The molecular weight excluding hydrogens is 504 g/mol. The molecule has 8 heteroatoms. The Balaban J connectivity index is 1.62. The third-order valence-electron chi connectivity index (χ3n) is 6.33. The van der Waals surface area contributed by atoms with Crippen LogP contribution in [0.5, 0.6) is 0 Å². The van der Waals surface area contributed by atoms with E-state index >= 15 is 0 Å². The van der Waals surface area contributed by atoms with Crippen molar-refractivity contribution < 1.29 is 9.59 Å². The number of benzene rings is 3. The van der Waals surface area contributed by atoms with Gasteiger partial charge in [-0.05, 0) is 67.2 Å². The molecule has 0 bridgehead atoms. The van der Waals surface area contributed by atoms with Crippen LogP contribution in [0.15, 0.2) is 84.6 Å². The van der Waals surface area contributed by atoms with Crippen LogP contribution in [-0.4, -0.2) is 32.9 Å². The highest BCUT2D eigenvalue weighted by atomic mass is 35.5. The molecule has 37 heavy (non-hydrogen) atoms. The van der Waals surface area contributed by atoms with Crippen molar-refractivity contribution in [3.8, 4) is 6.07 Å². The lowest BCUT2D eigenvalue weighted by Gasteiger charge is -2.36. The number of nitriles is 1. The minimum absolute atomic E-state index is 0.0192. The molecule has 0 radical (unpaired) electrons. The zero-order chi connectivity index (χ0) is 26.1. The summed E-state index contributed by atoms with van der Waals surface area (Å²) >= 11 is 11.6. The number of amides is 2. The van der Waals surface area contributed by atoms with E-state index in [1.165, 1.54) is 9.80 Å². The zero-order valence-corrected chi connectivity index (χ0v) is 21.5. The van der Waals surface area contributed by atoms with Crippen molar-refractivity contribution in [3.05, 3.63) is 106 Å². The predicted octanol–water partition coefficient (Wildman–Crippen LogP) is 5.78. The fourth-order valence-corrected chi connectivity index (χ4v) is 5.03. The van der Waals surface area contributed by atoms with Gasteiger partial charge in [0.1, 0.15) is 5.57 Å². The Labute approximate surface area is 224 Å². The van der Waals surface area contributed by atoms with Gasteiger partial charge in [-0.15, -0.1) is 0 Å². The number of carbonyl (C=O) groups excluding carboxylic acids is 2. The lowest BCUT2D eigenvalue weighted by molar-refractivity contribution is -0.127. The van der Waals surface area contributed by atoms with Crippen molar-refractivity contribution >= 4 is 63.4 Å². The molecule has 0 N–H and O–H groups in total. The lowest BCUT2D eigenvalue weighted by atomic mass is 10.1. The number of fused-ring (bicyclic) bond motifs is 1. The molecule has 2 amide bonds. The molecule has 3 aromatic carbocycles. The molecule has 6 nitrogen and oxygen atoms in total. The van der Waals surface area contributed by atoms with Gasteiger partial charge < -0.3 is 4.57 Å². The molecule has 0 atom stereocenters. The van der Waals surface area contributed by atoms with Gasteiger partial charge in [-0.2, -0.15) is 5.26 Å². The summed E-state index contributed by atoms with van der Waals surface area (Å²) in [5.74, 6) is -0.928. The maximum Gasteiger partial charge on any atom is 0.270 e. The van der Waals surface area contributed by atoms with E-state index in [4.69, 9.17) is 23.8 Å². The Hall–Kier alpha value is -4.25. The van der Waals surface area contributed by atoms with Crippen LogP contribution in [0.1, 0.15) is 23.6 Å². The fourth-order valence-electron chi connectivity index (χ4n) is 4.50. The van der Waals surface area contributed by atoms with E-state index in [-0.39, 0.29) is 10.7 Å². The maximum atomic E-state index is 13.7. The number of rotatable bonds is 5. The first-order valence-corrected chi connectivity index (χ1v) is 12.4. The van der Waals surface area contributed by atoms with Crippen LogP contribution in [0.3, 0.4) is 0 Å². The summed E-state index contributed by atoms with van der Waals surface area (Å²) in [4.78, 5) is 29.8. The first-order chi connectivity index (χ1) is 17.9. The number of hydrogen-bond donors (Lipinski definition) is 0. The molecule has 1 aliphatic rings. The van der Waals surface area contributed by atoms with Crippen molar-refractivity contribution in [2.75, 3.05) is 11.4 Å². The highest BCUT2D eigenvalue weighted by molar-refractivity contribution is 7.80. The molecule has 0 aliphatic carbocycles. The monoisotopic (exact) mass is 524 g/mol. The van der Waals surface area contributed by atoms with Crippen LogP contribution in [0.2, 0.25) is 5.02 Å². The van der Waals surface area contributed by atoms with E-state index in [1.54, 1.807) is 36.4 Å². The van der Waals surface area contributed by atoms with Gasteiger partial charge in [0.05, 0.1) is 17.3 Å². The number of carbonyl (C=O) groups is 2. The largest absolute Gasteiger partial charge is 0.342 e. The van der Waals surface area contributed by atoms with Crippen LogP contribution >= 0.6 is 23.8 Å². The van der Waals surface area contributed by atoms with E-state index < -0.39 is 11.8 Å². The van der Waals surface area contributed by atoms with E-state index in [0.29, 0.717) is 29.4 Å². The maximum absolute atomic E-state index is 13.7. The molecule has 182 valence electrons. The van der Waals surface area contributed by atoms with Gasteiger partial charge >= 0.3 is 0 Å². The van der Waals surface area contributed by atoms with Gasteiger partial charge in [0.2, 0.25) is 0 Å². The van der Waals surface area contributed by atoms with E-state index in [1.807, 2.05) is 60.2 Å². The number of nitrogens with zero attached hydrogens (tertiary/aromatic N) is 4. The van der Waals surface area contributed by atoms with Crippen LogP contribution in [-0.2, 0) is 16.1 Å². The summed E-state index contributed by atoms with van der Waals surface area (Å²) < 4.78 is 2.02. The Morgan fingerprint density at radius 1 is 0.973 bits per heavy atom. The Kier molecular flexibility index (Phi) is 6.62. The number of anilines is 1. The molecule has 5 rings (SSSR count). The number of likely N-dealkylation sites (N-methyl/N-ethyl adjacent to an activating group) is 1. The average Bonchev–Trinajstić information content (AvgIpc) is 3.25. The lowest BCUT2D eigenvalue weighted by Crippen LogP contribution is -2.56. The summed E-state index contributed by atoms with van der Waals surface area (Å²) in [6.07, 6.45) is 3.54. The van der Waals surface area contributed by atoms with Gasteiger partial charge in [-0.1, -0.05) is 48.0 Å². The van der Waals surface area contributed by atoms with E-state index in [0.717, 1.165) is 22.0 Å². The average molecular weight is 525 g/mol. The topological polar surface area (TPSA) is 69.3 Å². The Morgan fingerprint density at radius 2 is 1.68 bits per heavy atom. The third-order valence-corrected chi connectivity index (χ3v) is 6.98. The minimum Gasteiger partial charge on any atom is -0.342 e. The normalized spacial score (nSPS) is 15.1. The second-order valence-corrected chi connectivity index (χ2v) is 9.31. The summed E-state index contributed by atoms with van der Waals surface area (Å²) in [6.45, 7) is 2.60. The van der Waals surface area contributed by atoms with Crippen molar-refractivity contribution in [1.82, 2.24) is 9.47 Å². The van der Waals surface area contributed by atoms with Gasteiger partial charge in [-0.3, -0.25) is 19.4 Å². The molecule has 4 aromatic rings. The number of para-hydroxylation sites is 1. The molecule has 1 aliphatic heterocycles. The van der Waals surface area contributed by atoms with Crippen LogP contribution < -0.4 is 4.90 Å². The summed E-state index contributed by atoms with van der Waals surface area (Å²) in [5, 5.41) is 11.1. The smallest absolute Gasteiger partial charge is 0.270 e. The molecule has 0 saturated carbocycles. The molecule has 0 unspecified atom stereocenters. The molecule has 0 spiro atoms.